The third-order valence-electron chi connectivity index (χ3n) is 4.09. The molecule has 2 rings (SSSR count). The maximum absolute atomic E-state index is 12.3. The van der Waals surface area contributed by atoms with E-state index in [1.54, 1.807) is 4.90 Å². The minimum atomic E-state index is -0.350. The number of nitrogens with zero attached hydrogens (tertiary/aromatic N) is 1. The number of hydrogen-bond donors (Lipinski definition) is 1. The molecular formula is C13H23NO3. The van der Waals surface area contributed by atoms with Gasteiger partial charge in [0.15, 0.2) is 0 Å². The third kappa shape index (κ3) is 2.80. The number of amides is 1. The molecule has 1 saturated carbocycles. The first kappa shape index (κ1) is 12.8. The fourth-order valence-corrected chi connectivity index (χ4v) is 2.98. The molecule has 0 bridgehead atoms. The van der Waals surface area contributed by atoms with Gasteiger partial charge < -0.3 is 14.7 Å². The lowest BCUT2D eigenvalue weighted by Crippen LogP contribution is -2.48. The van der Waals surface area contributed by atoms with Crippen molar-refractivity contribution in [1.82, 2.24) is 4.90 Å². The summed E-state index contributed by atoms with van der Waals surface area (Å²) >= 11 is 0. The minimum Gasteiger partial charge on any atom is -0.391 e. The van der Waals surface area contributed by atoms with Crippen LogP contribution in [0.3, 0.4) is 0 Å². The second-order valence-electron chi connectivity index (χ2n) is 5.44. The average molecular weight is 241 g/mol. The molecule has 98 valence electrons. The summed E-state index contributed by atoms with van der Waals surface area (Å²) in [6, 6.07) is 0.00663. The molecule has 1 amide bonds. The van der Waals surface area contributed by atoms with E-state index in [2.05, 4.69) is 0 Å². The van der Waals surface area contributed by atoms with Gasteiger partial charge in [0.25, 0.3) is 0 Å². The van der Waals surface area contributed by atoms with Gasteiger partial charge in [-0.1, -0.05) is 12.8 Å². The predicted molar refractivity (Wildman–Crippen MR) is 64.6 cm³/mol. The standard InChI is InChI=1S/C13H23NO3/c1-9-7-10(8-17-9)13(16)14(2)11-5-3-4-6-12(11)15/h9-12,15H,3-8H2,1-2H3. The first-order chi connectivity index (χ1) is 8.09. The van der Waals surface area contributed by atoms with Crippen molar-refractivity contribution in [1.29, 1.82) is 0 Å². The molecule has 0 aromatic carbocycles. The van der Waals surface area contributed by atoms with E-state index in [1.165, 1.54) is 0 Å². The normalized spacial score (nSPS) is 38.1. The molecule has 1 N–H and O–H groups in total. The summed E-state index contributed by atoms with van der Waals surface area (Å²) in [5.74, 6) is 0.129. The Morgan fingerprint density at radius 1 is 1.35 bits per heavy atom. The molecular weight excluding hydrogens is 218 g/mol. The molecule has 0 aromatic heterocycles. The van der Waals surface area contributed by atoms with Crippen LogP contribution in [0.25, 0.3) is 0 Å². The number of rotatable bonds is 2. The van der Waals surface area contributed by atoms with Crippen molar-refractivity contribution in [3.63, 3.8) is 0 Å². The SMILES string of the molecule is CC1CC(C(=O)N(C)C2CCCCC2O)CO1. The van der Waals surface area contributed by atoms with E-state index in [-0.39, 0.29) is 30.1 Å². The van der Waals surface area contributed by atoms with Crippen molar-refractivity contribution in [2.75, 3.05) is 13.7 Å². The predicted octanol–water partition coefficient (Wildman–Crippen LogP) is 1.17. The van der Waals surface area contributed by atoms with Crippen LogP contribution < -0.4 is 0 Å². The second-order valence-corrected chi connectivity index (χ2v) is 5.44. The summed E-state index contributed by atoms with van der Waals surface area (Å²) in [6.45, 7) is 2.54. The smallest absolute Gasteiger partial charge is 0.228 e. The number of aliphatic hydroxyl groups excluding tert-OH is 1. The molecule has 0 radical (unpaired) electrons. The first-order valence-corrected chi connectivity index (χ1v) is 6.66. The third-order valence-corrected chi connectivity index (χ3v) is 4.09. The van der Waals surface area contributed by atoms with Gasteiger partial charge in [0.2, 0.25) is 5.91 Å². The lowest BCUT2D eigenvalue weighted by atomic mass is 9.90. The van der Waals surface area contributed by atoms with Crippen LogP contribution in [0.2, 0.25) is 0 Å². The van der Waals surface area contributed by atoms with E-state index in [4.69, 9.17) is 4.74 Å². The van der Waals surface area contributed by atoms with Crippen LogP contribution in [0.4, 0.5) is 0 Å². The van der Waals surface area contributed by atoms with Crippen LogP contribution in [0.5, 0.6) is 0 Å². The molecule has 4 nitrogen and oxygen atoms in total. The number of carbonyl (C=O) groups excluding carboxylic acids is 1. The van der Waals surface area contributed by atoms with Crippen LogP contribution in [-0.4, -0.2) is 47.8 Å². The summed E-state index contributed by atoms with van der Waals surface area (Å²) in [4.78, 5) is 14.0. The Morgan fingerprint density at radius 2 is 2.06 bits per heavy atom. The highest BCUT2D eigenvalue weighted by Crippen LogP contribution is 2.26. The first-order valence-electron chi connectivity index (χ1n) is 6.66. The van der Waals surface area contributed by atoms with Crippen LogP contribution in [0, 0.1) is 5.92 Å². The minimum absolute atomic E-state index is 0.00663. The zero-order chi connectivity index (χ0) is 12.4. The van der Waals surface area contributed by atoms with Crippen LogP contribution in [-0.2, 0) is 9.53 Å². The molecule has 0 spiro atoms. The van der Waals surface area contributed by atoms with Gasteiger partial charge in [-0.2, -0.15) is 0 Å². The molecule has 1 heterocycles. The summed E-state index contributed by atoms with van der Waals surface area (Å²) in [6.07, 6.45) is 4.57. The lowest BCUT2D eigenvalue weighted by molar-refractivity contribution is -0.139. The fourth-order valence-electron chi connectivity index (χ4n) is 2.98. The highest BCUT2D eigenvalue weighted by molar-refractivity contribution is 5.79. The number of ether oxygens (including phenoxy) is 1. The maximum atomic E-state index is 12.3. The maximum Gasteiger partial charge on any atom is 0.228 e. The van der Waals surface area contributed by atoms with Gasteiger partial charge in [-0.3, -0.25) is 4.79 Å². The van der Waals surface area contributed by atoms with Gasteiger partial charge in [0.05, 0.1) is 30.8 Å². The molecule has 4 unspecified atom stereocenters. The Kier molecular flexibility index (Phi) is 4.05. The van der Waals surface area contributed by atoms with Crippen molar-refractivity contribution >= 4 is 5.91 Å². The van der Waals surface area contributed by atoms with E-state index >= 15 is 0 Å². The number of carbonyl (C=O) groups is 1. The molecule has 17 heavy (non-hydrogen) atoms. The van der Waals surface area contributed by atoms with E-state index in [9.17, 15) is 9.90 Å². The van der Waals surface area contributed by atoms with Gasteiger partial charge in [0.1, 0.15) is 0 Å². The number of hydrogen-bond acceptors (Lipinski definition) is 3. The molecule has 2 aliphatic rings. The Balaban J connectivity index is 1.94. The van der Waals surface area contributed by atoms with E-state index in [0.717, 1.165) is 32.1 Å². The van der Waals surface area contributed by atoms with E-state index in [0.29, 0.717) is 6.61 Å². The topological polar surface area (TPSA) is 49.8 Å². The number of aliphatic hydroxyl groups is 1. The van der Waals surface area contributed by atoms with Crippen LogP contribution in [0.1, 0.15) is 39.0 Å². The van der Waals surface area contributed by atoms with Crippen LogP contribution in [0.15, 0.2) is 0 Å². The van der Waals surface area contributed by atoms with Crippen molar-refractivity contribution in [3.05, 3.63) is 0 Å². The van der Waals surface area contributed by atoms with Gasteiger partial charge >= 0.3 is 0 Å². The highest BCUT2D eigenvalue weighted by atomic mass is 16.5. The van der Waals surface area contributed by atoms with Crippen molar-refractivity contribution in [2.24, 2.45) is 5.92 Å². The van der Waals surface area contributed by atoms with Gasteiger partial charge in [-0.05, 0) is 26.2 Å². The summed E-state index contributed by atoms with van der Waals surface area (Å²) in [5.41, 5.74) is 0. The fraction of sp³-hybridized carbons (Fsp3) is 0.923. The number of likely N-dealkylation sites (N-methyl/N-ethyl adjacent to an activating group) is 1. The summed E-state index contributed by atoms with van der Waals surface area (Å²) < 4.78 is 5.44. The molecule has 1 aliphatic heterocycles. The summed E-state index contributed by atoms with van der Waals surface area (Å²) in [7, 11) is 1.82. The van der Waals surface area contributed by atoms with Gasteiger partial charge in [0, 0.05) is 7.05 Å². The molecule has 0 aromatic rings. The Morgan fingerprint density at radius 3 is 2.65 bits per heavy atom. The van der Waals surface area contributed by atoms with Gasteiger partial charge in [-0.15, -0.1) is 0 Å². The molecule has 1 aliphatic carbocycles. The van der Waals surface area contributed by atoms with Crippen molar-refractivity contribution in [2.45, 2.75) is 57.3 Å². The molecule has 1 saturated heterocycles. The van der Waals surface area contributed by atoms with Crippen molar-refractivity contribution < 1.29 is 14.6 Å². The van der Waals surface area contributed by atoms with Crippen molar-refractivity contribution in [3.8, 4) is 0 Å². The zero-order valence-electron chi connectivity index (χ0n) is 10.8. The molecule has 2 fully saturated rings. The average Bonchev–Trinajstić information content (AvgIpc) is 2.75. The monoisotopic (exact) mass is 241 g/mol. The molecule has 4 heteroatoms. The van der Waals surface area contributed by atoms with Crippen LogP contribution >= 0.6 is 0 Å². The Bertz CT molecular complexity index is 282. The van der Waals surface area contributed by atoms with E-state index in [1.807, 2.05) is 14.0 Å². The molecule has 4 atom stereocenters. The Hall–Kier alpha value is -0.610. The largest absolute Gasteiger partial charge is 0.391 e. The quantitative estimate of drug-likeness (QED) is 0.789. The summed E-state index contributed by atoms with van der Waals surface area (Å²) in [5, 5.41) is 9.96. The second kappa shape index (κ2) is 5.36. The van der Waals surface area contributed by atoms with E-state index < -0.39 is 0 Å². The van der Waals surface area contributed by atoms with Gasteiger partial charge in [-0.25, -0.2) is 0 Å². The lowest BCUT2D eigenvalue weighted by Gasteiger charge is -2.36. The Labute approximate surface area is 103 Å². The highest BCUT2D eigenvalue weighted by Gasteiger charge is 2.35. The zero-order valence-corrected chi connectivity index (χ0v) is 10.8.